The highest BCUT2D eigenvalue weighted by atomic mass is 32.2. The van der Waals surface area contributed by atoms with Gasteiger partial charge in [0, 0.05) is 30.9 Å². The molecule has 1 aliphatic heterocycles. The second-order valence-corrected chi connectivity index (χ2v) is 7.59. The van der Waals surface area contributed by atoms with Crippen LogP contribution in [0.2, 0.25) is 0 Å². The van der Waals surface area contributed by atoms with Crippen molar-refractivity contribution in [2.24, 2.45) is 7.05 Å². The molecular formula is C15H22N4O3S. The van der Waals surface area contributed by atoms with Gasteiger partial charge in [0.15, 0.2) is 0 Å². The summed E-state index contributed by atoms with van der Waals surface area (Å²) in [6, 6.07) is 3.04. The third kappa shape index (κ3) is 3.06. The van der Waals surface area contributed by atoms with Crippen LogP contribution in [-0.2, 0) is 17.3 Å². The number of rotatable bonds is 5. The standard InChI is InChI=1S/C15H22N4O3S/c1-11(13-10-16-18(3)12(13)2)17-23(20,21)19-8-4-6-14(19)15-7-5-9-22-15/h5,7,9-11,14,17H,4,6,8H2,1-3H3/t11-,14-/m0/s1. The molecule has 2 aromatic heterocycles. The molecule has 1 N–H and O–H groups in total. The summed E-state index contributed by atoms with van der Waals surface area (Å²) in [5, 5.41) is 4.17. The zero-order chi connectivity index (χ0) is 16.6. The molecule has 1 fully saturated rings. The normalized spacial score (nSPS) is 20.9. The van der Waals surface area contributed by atoms with E-state index in [4.69, 9.17) is 4.42 Å². The molecule has 2 aromatic rings. The summed E-state index contributed by atoms with van der Waals surface area (Å²) in [4.78, 5) is 0. The van der Waals surface area contributed by atoms with Crippen LogP contribution >= 0.6 is 0 Å². The monoisotopic (exact) mass is 338 g/mol. The predicted molar refractivity (Wildman–Crippen MR) is 85.8 cm³/mol. The lowest BCUT2D eigenvalue weighted by atomic mass is 10.1. The fourth-order valence-electron chi connectivity index (χ4n) is 3.09. The van der Waals surface area contributed by atoms with E-state index >= 15 is 0 Å². The van der Waals surface area contributed by atoms with Gasteiger partial charge in [-0.2, -0.15) is 22.5 Å². The van der Waals surface area contributed by atoms with Gasteiger partial charge in [0.1, 0.15) is 5.76 Å². The first-order valence-electron chi connectivity index (χ1n) is 7.71. The molecule has 23 heavy (non-hydrogen) atoms. The zero-order valence-electron chi connectivity index (χ0n) is 13.6. The Morgan fingerprint density at radius 1 is 1.48 bits per heavy atom. The second kappa shape index (κ2) is 6.10. The highest BCUT2D eigenvalue weighted by Gasteiger charge is 2.37. The summed E-state index contributed by atoms with van der Waals surface area (Å²) in [6.45, 7) is 4.26. The van der Waals surface area contributed by atoms with Crippen LogP contribution in [-0.4, -0.2) is 29.0 Å². The first-order valence-corrected chi connectivity index (χ1v) is 9.15. The van der Waals surface area contributed by atoms with Crippen LogP contribution in [0, 0.1) is 6.92 Å². The van der Waals surface area contributed by atoms with E-state index in [9.17, 15) is 8.42 Å². The van der Waals surface area contributed by atoms with E-state index in [0.717, 1.165) is 24.1 Å². The van der Waals surface area contributed by atoms with Crippen molar-refractivity contribution in [3.8, 4) is 0 Å². The van der Waals surface area contributed by atoms with Crippen molar-refractivity contribution >= 4 is 10.2 Å². The van der Waals surface area contributed by atoms with Crippen molar-refractivity contribution in [1.29, 1.82) is 0 Å². The third-order valence-corrected chi connectivity index (χ3v) is 6.16. The van der Waals surface area contributed by atoms with Crippen LogP contribution in [0.5, 0.6) is 0 Å². The molecule has 0 aliphatic carbocycles. The molecular weight excluding hydrogens is 316 g/mol. The van der Waals surface area contributed by atoms with E-state index in [1.807, 2.05) is 27.0 Å². The average Bonchev–Trinajstić information content (AvgIpc) is 3.20. The van der Waals surface area contributed by atoms with Crippen molar-refractivity contribution in [3.05, 3.63) is 41.6 Å². The summed E-state index contributed by atoms with van der Waals surface area (Å²) in [5.41, 5.74) is 1.83. The Labute approximate surface area is 136 Å². The van der Waals surface area contributed by atoms with E-state index in [2.05, 4.69) is 9.82 Å². The van der Waals surface area contributed by atoms with Crippen molar-refractivity contribution < 1.29 is 12.8 Å². The van der Waals surface area contributed by atoms with E-state index in [1.54, 1.807) is 23.2 Å². The molecule has 0 aromatic carbocycles. The maximum Gasteiger partial charge on any atom is 0.280 e. The molecule has 1 saturated heterocycles. The Bertz CT molecular complexity index is 767. The van der Waals surface area contributed by atoms with E-state index < -0.39 is 10.2 Å². The molecule has 0 bridgehead atoms. The Hall–Kier alpha value is -1.64. The molecule has 0 amide bonds. The number of nitrogens with zero attached hydrogens (tertiary/aromatic N) is 3. The molecule has 7 nitrogen and oxygen atoms in total. The molecule has 126 valence electrons. The minimum absolute atomic E-state index is 0.232. The van der Waals surface area contributed by atoms with E-state index in [1.165, 1.54) is 4.31 Å². The minimum atomic E-state index is -3.60. The van der Waals surface area contributed by atoms with Crippen LogP contribution in [0.25, 0.3) is 0 Å². The van der Waals surface area contributed by atoms with Crippen molar-refractivity contribution in [1.82, 2.24) is 18.8 Å². The lowest BCUT2D eigenvalue weighted by Gasteiger charge is -2.25. The summed E-state index contributed by atoms with van der Waals surface area (Å²) in [7, 11) is -1.76. The predicted octanol–water partition coefficient (Wildman–Crippen LogP) is 2.05. The van der Waals surface area contributed by atoms with Crippen LogP contribution in [0.15, 0.2) is 29.0 Å². The van der Waals surface area contributed by atoms with Crippen molar-refractivity contribution in [2.75, 3.05) is 6.54 Å². The SMILES string of the molecule is Cc1c([C@H](C)NS(=O)(=O)N2CCC[C@H]2c2ccco2)cnn1C. The van der Waals surface area contributed by atoms with Gasteiger partial charge in [0.25, 0.3) is 10.2 Å². The molecule has 8 heteroatoms. The topological polar surface area (TPSA) is 80.4 Å². The van der Waals surface area contributed by atoms with E-state index in [0.29, 0.717) is 12.3 Å². The Kier molecular flexibility index (Phi) is 4.31. The van der Waals surface area contributed by atoms with Gasteiger partial charge in [0.05, 0.1) is 18.5 Å². The molecule has 0 spiro atoms. The molecule has 1 aliphatic rings. The Morgan fingerprint density at radius 3 is 2.87 bits per heavy atom. The minimum Gasteiger partial charge on any atom is -0.468 e. The quantitative estimate of drug-likeness (QED) is 0.905. The molecule has 0 saturated carbocycles. The lowest BCUT2D eigenvalue weighted by Crippen LogP contribution is -2.41. The number of aromatic nitrogens is 2. The Balaban J connectivity index is 1.80. The molecule has 0 unspecified atom stereocenters. The lowest BCUT2D eigenvalue weighted by molar-refractivity contribution is 0.333. The summed E-state index contributed by atoms with van der Waals surface area (Å²) < 4.78 is 37.0. The first kappa shape index (κ1) is 16.2. The smallest absolute Gasteiger partial charge is 0.280 e. The van der Waals surface area contributed by atoms with Crippen molar-refractivity contribution in [2.45, 2.75) is 38.8 Å². The van der Waals surface area contributed by atoms with Crippen LogP contribution in [0.1, 0.15) is 48.9 Å². The van der Waals surface area contributed by atoms with Crippen LogP contribution in [0.4, 0.5) is 0 Å². The number of furan rings is 1. The second-order valence-electron chi connectivity index (χ2n) is 5.94. The van der Waals surface area contributed by atoms with Gasteiger partial charge in [0.2, 0.25) is 0 Å². The molecule has 3 rings (SSSR count). The van der Waals surface area contributed by atoms with Gasteiger partial charge in [-0.15, -0.1) is 0 Å². The third-order valence-electron chi connectivity index (χ3n) is 4.45. The number of nitrogens with one attached hydrogen (secondary N) is 1. The summed E-state index contributed by atoms with van der Waals surface area (Å²) in [6.07, 6.45) is 4.88. The van der Waals surface area contributed by atoms with E-state index in [-0.39, 0.29) is 12.1 Å². The number of aryl methyl sites for hydroxylation is 1. The van der Waals surface area contributed by atoms with Gasteiger partial charge >= 0.3 is 0 Å². The van der Waals surface area contributed by atoms with Crippen LogP contribution < -0.4 is 4.72 Å². The van der Waals surface area contributed by atoms with Gasteiger partial charge in [-0.3, -0.25) is 4.68 Å². The molecule has 3 heterocycles. The average molecular weight is 338 g/mol. The van der Waals surface area contributed by atoms with Gasteiger partial charge in [-0.25, -0.2) is 0 Å². The highest BCUT2D eigenvalue weighted by molar-refractivity contribution is 7.87. The largest absolute Gasteiger partial charge is 0.468 e. The van der Waals surface area contributed by atoms with Crippen molar-refractivity contribution in [3.63, 3.8) is 0 Å². The highest BCUT2D eigenvalue weighted by Crippen LogP contribution is 2.34. The maximum absolute atomic E-state index is 12.8. The molecule has 2 atom stereocenters. The van der Waals surface area contributed by atoms with Gasteiger partial charge in [-0.1, -0.05) is 0 Å². The summed E-state index contributed by atoms with van der Waals surface area (Å²) in [5.74, 6) is 0.693. The first-order chi connectivity index (χ1) is 10.9. The maximum atomic E-state index is 12.8. The number of hydrogen-bond donors (Lipinski definition) is 1. The van der Waals surface area contributed by atoms with Crippen LogP contribution in [0.3, 0.4) is 0 Å². The van der Waals surface area contributed by atoms with Gasteiger partial charge in [-0.05, 0) is 38.8 Å². The fraction of sp³-hybridized carbons (Fsp3) is 0.533. The zero-order valence-corrected chi connectivity index (χ0v) is 14.4. The Morgan fingerprint density at radius 2 is 2.26 bits per heavy atom. The summed E-state index contributed by atoms with van der Waals surface area (Å²) >= 11 is 0. The van der Waals surface area contributed by atoms with Gasteiger partial charge < -0.3 is 4.42 Å². The molecule has 0 radical (unpaired) electrons. The fourth-order valence-corrected chi connectivity index (χ4v) is 4.71. The number of hydrogen-bond acceptors (Lipinski definition) is 4.